The minimum absolute atomic E-state index is 0.256. The van der Waals surface area contributed by atoms with Crippen LogP contribution in [0.1, 0.15) is 26.3 Å². The molecule has 0 aliphatic rings. The van der Waals surface area contributed by atoms with Gasteiger partial charge in [-0.05, 0) is 32.4 Å². The number of fused-ring (bicyclic) bond motifs is 1. The van der Waals surface area contributed by atoms with E-state index >= 15 is 0 Å². The first-order chi connectivity index (χ1) is 11.2. The van der Waals surface area contributed by atoms with Crippen LogP contribution in [0.5, 0.6) is 0 Å². The first kappa shape index (κ1) is 18.1. The molecule has 130 valence electrons. The van der Waals surface area contributed by atoms with Crippen LogP contribution >= 0.6 is 11.6 Å². The fourth-order valence-corrected chi connectivity index (χ4v) is 2.58. The predicted molar refractivity (Wildman–Crippen MR) is 92.2 cm³/mol. The molecule has 1 aromatic carbocycles. The van der Waals surface area contributed by atoms with E-state index in [-0.39, 0.29) is 6.42 Å². The lowest BCUT2D eigenvalue weighted by atomic mass is 10.1. The van der Waals surface area contributed by atoms with Gasteiger partial charge in [-0.3, -0.25) is 0 Å². The highest BCUT2D eigenvalue weighted by Gasteiger charge is 2.26. The average Bonchev–Trinajstić information content (AvgIpc) is 2.88. The summed E-state index contributed by atoms with van der Waals surface area (Å²) in [5.74, 6) is -0.544. The summed E-state index contributed by atoms with van der Waals surface area (Å²) in [7, 11) is 1.28. The second kappa shape index (κ2) is 7.13. The normalized spacial score (nSPS) is 12.7. The number of methoxy groups -OCH3 is 1. The SMILES string of the molecule is COC(=O)[C@H](Cc1c[nH]c2c(Cl)cccc12)NC(=O)OC(C)(C)C. The van der Waals surface area contributed by atoms with Gasteiger partial charge >= 0.3 is 12.1 Å². The molecule has 2 aromatic rings. The number of hydrogen-bond donors (Lipinski definition) is 2. The molecule has 0 aliphatic carbocycles. The van der Waals surface area contributed by atoms with Crippen LogP contribution in [-0.4, -0.2) is 35.8 Å². The van der Waals surface area contributed by atoms with Crippen molar-refractivity contribution in [1.29, 1.82) is 0 Å². The van der Waals surface area contributed by atoms with Crippen LogP contribution in [0.15, 0.2) is 24.4 Å². The van der Waals surface area contributed by atoms with Crippen molar-refractivity contribution in [3.63, 3.8) is 0 Å². The highest BCUT2D eigenvalue weighted by atomic mass is 35.5. The zero-order valence-electron chi connectivity index (χ0n) is 14.1. The fraction of sp³-hybridized carbons (Fsp3) is 0.412. The van der Waals surface area contributed by atoms with E-state index in [0.29, 0.717) is 5.02 Å². The Morgan fingerprint density at radius 1 is 1.33 bits per heavy atom. The van der Waals surface area contributed by atoms with E-state index in [1.54, 1.807) is 33.0 Å². The van der Waals surface area contributed by atoms with E-state index in [9.17, 15) is 9.59 Å². The third kappa shape index (κ3) is 4.41. The molecule has 0 fully saturated rings. The molecule has 0 saturated heterocycles. The third-order valence-corrected chi connectivity index (χ3v) is 3.67. The molecular formula is C17H21ClN2O4. The third-order valence-electron chi connectivity index (χ3n) is 3.35. The zero-order valence-corrected chi connectivity index (χ0v) is 14.9. The Balaban J connectivity index is 2.21. The molecule has 1 aromatic heterocycles. The number of halogens is 1. The molecule has 2 N–H and O–H groups in total. The molecule has 0 saturated carbocycles. The molecule has 1 atom stereocenters. The number of amides is 1. The average molecular weight is 353 g/mol. The maximum absolute atomic E-state index is 12.0. The van der Waals surface area contributed by atoms with Crippen LogP contribution in [0.2, 0.25) is 5.02 Å². The van der Waals surface area contributed by atoms with E-state index in [1.807, 2.05) is 12.1 Å². The summed E-state index contributed by atoms with van der Waals surface area (Å²) in [6, 6.07) is 4.65. The largest absolute Gasteiger partial charge is 0.467 e. The number of ether oxygens (including phenoxy) is 2. The van der Waals surface area contributed by atoms with Gasteiger partial charge in [0.25, 0.3) is 0 Å². The maximum Gasteiger partial charge on any atom is 0.408 e. The van der Waals surface area contributed by atoms with Gasteiger partial charge in [-0.15, -0.1) is 0 Å². The van der Waals surface area contributed by atoms with Crippen molar-refractivity contribution < 1.29 is 19.1 Å². The summed E-state index contributed by atoms with van der Waals surface area (Å²) in [6.07, 6.45) is 1.35. The van der Waals surface area contributed by atoms with E-state index < -0.39 is 23.7 Å². The molecule has 24 heavy (non-hydrogen) atoms. The Labute approximate surface area is 145 Å². The summed E-state index contributed by atoms with van der Waals surface area (Å²) in [4.78, 5) is 27.1. The summed E-state index contributed by atoms with van der Waals surface area (Å²) in [6.45, 7) is 5.25. The molecule has 6 nitrogen and oxygen atoms in total. The number of aromatic nitrogens is 1. The Bertz CT molecular complexity index is 749. The number of alkyl carbamates (subject to hydrolysis) is 1. The first-order valence-electron chi connectivity index (χ1n) is 7.53. The Kier molecular flexibility index (Phi) is 5.39. The number of hydrogen-bond acceptors (Lipinski definition) is 4. The number of para-hydroxylation sites is 1. The smallest absolute Gasteiger partial charge is 0.408 e. The van der Waals surface area contributed by atoms with E-state index in [1.165, 1.54) is 7.11 Å². The topological polar surface area (TPSA) is 80.4 Å². The predicted octanol–water partition coefficient (Wildman–Crippen LogP) is 3.43. The van der Waals surface area contributed by atoms with Crippen molar-refractivity contribution in [1.82, 2.24) is 10.3 Å². The van der Waals surface area contributed by atoms with Crippen molar-refractivity contribution in [2.75, 3.05) is 7.11 Å². The monoisotopic (exact) mass is 352 g/mol. The molecule has 0 aliphatic heterocycles. The number of carbonyl (C=O) groups is 2. The van der Waals surface area contributed by atoms with Gasteiger partial charge in [-0.2, -0.15) is 0 Å². The van der Waals surface area contributed by atoms with Crippen molar-refractivity contribution >= 4 is 34.6 Å². The molecule has 0 radical (unpaired) electrons. The van der Waals surface area contributed by atoms with Crippen molar-refractivity contribution in [3.8, 4) is 0 Å². The molecular weight excluding hydrogens is 332 g/mol. The number of nitrogens with one attached hydrogen (secondary N) is 2. The lowest BCUT2D eigenvalue weighted by Gasteiger charge is -2.22. The zero-order chi connectivity index (χ0) is 17.9. The van der Waals surface area contributed by atoms with Crippen molar-refractivity contribution in [3.05, 3.63) is 35.0 Å². The van der Waals surface area contributed by atoms with Gasteiger partial charge in [0.1, 0.15) is 11.6 Å². The van der Waals surface area contributed by atoms with Gasteiger partial charge in [-0.25, -0.2) is 9.59 Å². The number of aromatic amines is 1. The molecule has 2 rings (SSSR count). The van der Waals surface area contributed by atoms with Gasteiger partial charge in [0.15, 0.2) is 0 Å². The van der Waals surface area contributed by atoms with Gasteiger partial charge in [0, 0.05) is 18.0 Å². The molecule has 0 spiro atoms. The van der Waals surface area contributed by atoms with Gasteiger partial charge in [0.05, 0.1) is 17.6 Å². The quantitative estimate of drug-likeness (QED) is 0.826. The number of benzene rings is 1. The minimum atomic E-state index is -0.858. The Hall–Kier alpha value is -2.21. The van der Waals surface area contributed by atoms with Crippen LogP contribution in [0.4, 0.5) is 4.79 Å². The summed E-state index contributed by atoms with van der Waals surface area (Å²) in [5, 5.41) is 4.04. The lowest BCUT2D eigenvalue weighted by Crippen LogP contribution is -2.45. The highest BCUT2D eigenvalue weighted by molar-refractivity contribution is 6.35. The van der Waals surface area contributed by atoms with Crippen molar-refractivity contribution in [2.45, 2.75) is 38.8 Å². The number of rotatable bonds is 4. The van der Waals surface area contributed by atoms with E-state index in [0.717, 1.165) is 16.5 Å². The van der Waals surface area contributed by atoms with Crippen LogP contribution in [0, 0.1) is 0 Å². The number of carbonyl (C=O) groups excluding carboxylic acids is 2. The standard InChI is InChI=1S/C17H21ClN2O4/c1-17(2,3)24-16(22)20-13(15(21)23-4)8-10-9-19-14-11(10)6-5-7-12(14)18/h5-7,9,13,19H,8H2,1-4H3,(H,20,22)/t13-/m0/s1. The number of H-pyrrole nitrogens is 1. The summed E-state index contributed by atoms with van der Waals surface area (Å²) >= 11 is 6.14. The second-order valence-electron chi connectivity index (χ2n) is 6.40. The second-order valence-corrected chi connectivity index (χ2v) is 6.81. The first-order valence-corrected chi connectivity index (χ1v) is 7.91. The molecule has 0 unspecified atom stereocenters. The van der Waals surface area contributed by atoms with Gasteiger partial charge in [0.2, 0.25) is 0 Å². The van der Waals surface area contributed by atoms with Crippen LogP contribution in [0.3, 0.4) is 0 Å². The Morgan fingerprint density at radius 3 is 2.67 bits per heavy atom. The molecule has 1 heterocycles. The molecule has 0 bridgehead atoms. The van der Waals surface area contributed by atoms with Crippen LogP contribution in [-0.2, 0) is 20.7 Å². The van der Waals surface area contributed by atoms with Gasteiger partial charge in [-0.1, -0.05) is 23.7 Å². The lowest BCUT2D eigenvalue weighted by molar-refractivity contribution is -0.143. The highest BCUT2D eigenvalue weighted by Crippen LogP contribution is 2.26. The van der Waals surface area contributed by atoms with Crippen LogP contribution < -0.4 is 5.32 Å². The summed E-state index contributed by atoms with van der Waals surface area (Å²) < 4.78 is 9.98. The van der Waals surface area contributed by atoms with Crippen LogP contribution in [0.25, 0.3) is 10.9 Å². The fourth-order valence-electron chi connectivity index (χ4n) is 2.35. The minimum Gasteiger partial charge on any atom is -0.467 e. The van der Waals surface area contributed by atoms with E-state index in [2.05, 4.69) is 10.3 Å². The van der Waals surface area contributed by atoms with Gasteiger partial charge < -0.3 is 19.8 Å². The summed E-state index contributed by atoms with van der Waals surface area (Å²) in [5.41, 5.74) is 0.980. The molecule has 7 heteroatoms. The van der Waals surface area contributed by atoms with Crippen molar-refractivity contribution in [2.24, 2.45) is 0 Å². The molecule has 1 amide bonds. The Morgan fingerprint density at radius 2 is 2.04 bits per heavy atom. The number of esters is 1. The van der Waals surface area contributed by atoms with E-state index in [4.69, 9.17) is 21.1 Å². The maximum atomic E-state index is 12.0.